The van der Waals surface area contributed by atoms with Gasteiger partial charge in [-0.1, -0.05) is 0 Å². The molecule has 0 unspecified atom stereocenters. The number of carboxylic acids is 2. The predicted molar refractivity (Wildman–Crippen MR) is 38.5 cm³/mol. The molecule has 0 amide bonds. The van der Waals surface area contributed by atoms with Gasteiger partial charge in [-0.3, -0.25) is 0 Å². The van der Waals surface area contributed by atoms with Crippen LogP contribution >= 0.6 is 0 Å². The van der Waals surface area contributed by atoms with Crippen LogP contribution in [0.4, 0.5) is 0 Å². The molecular formula is C6H10O6. The minimum absolute atomic E-state index is 0.181. The van der Waals surface area contributed by atoms with Crippen LogP contribution in [-0.2, 0) is 14.3 Å². The van der Waals surface area contributed by atoms with Gasteiger partial charge in [-0.25, -0.2) is 9.59 Å². The molecule has 12 heavy (non-hydrogen) atoms. The molecule has 0 atom stereocenters. The SMILES string of the molecule is COCO.O=C(O)/C=C\C(=O)O. The second kappa shape index (κ2) is 9.60. The van der Waals surface area contributed by atoms with E-state index in [1.807, 2.05) is 0 Å². The largest absolute Gasteiger partial charge is 0.478 e. The molecule has 0 aliphatic rings. The molecule has 0 radical (unpaired) electrons. The lowest BCUT2D eigenvalue weighted by Gasteiger charge is -1.76. The Kier molecular flexibility index (Phi) is 10.6. The minimum Gasteiger partial charge on any atom is -0.478 e. The molecule has 0 aromatic carbocycles. The zero-order chi connectivity index (χ0) is 9.98. The quantitative estimate of drug-likeness (QED) is 0.389. The van der Waals surface area contributed by atoms with Crippen LogP contribution in [0.25, 0.3) is 0 Å². The highest BCUT2D eigenvalue weighted by Gasteiger charge is 1.88. The summed E-state index contributed by atoms with van der Waals surface area (Å²) in [6, 6.07) is 0. The Labute approximate surface area is 68.7 Å². The molecule has 0 aromatic rings. The first-order valence-corrected chi connectivity index (χ1v) is 2.78. The number of carboxylic acid groups (broad SMARTS) is 2. The second-order valence-electron chi connectivity index (χ2n) is 1.43. The summed E-state index contributed by atoms with van der Waals surface area (Å²) in [6.07, 6.45) is 1.12. The molecule has 3 N–H and O–H groups in total. The fraction of sp³-hybridized carbons (Fsp3) is 0.333. The highest BCUT2D eigenvalue weighted by molar-refractivity contribution is 5.89. The standard InChI is InChI=1S/C4H4O4.C2H6O2/c5-3(6)1-2-4(7)8;1-4-2-3/h1-2H,(H,5,6)(H,7,8);3H,2H2,1H3/b2-1-;. The summed E-state index contributed by atoms with van der Waals surface area (Å²) in [4.78, 5) is 19.1. The molecule has 6 heteroatoms. The first-order valence-electron chi connectivity index (χ1n) is 2.78. The fourth-order valence-electron chi connectivity index (χ4n) is 0.143. The Morgan fingerprint density at radius 2 is 1.50 bits per heavy atom. The number of carbonyl (C=O) groups is 2. The lowest BCUT2D eigenvalue weighted by Crippen LogP contribution is -1.91. The Bertz CT molecular complexity index is 143. The first kappa shape index (κ1) is 13.2. The molecule has 0 aliphatic heterocycles. The van der Waals surface area contributed by atoms with E-state index in [0.717, 1.165) is 0 Å². The van der Waals surface area contributed by atoms with Crippen LogP contribution in [0.5, 0.6) is 0 Å². The molecule has 0 rings (SSSR count). The Balaban J connectivity index is 0. The molecular weight excluding hydrogens is 168 g/mol. The van der Waals surface area contributed by atoms with Crippen molar-refractivity contribution in [2.75, 3.05) is 13.9 Å². The highest BCUT2D eigenvalue weighted by Crippen LogP contribution is 1.70. The van der Waals surface area contributed by atoms with Gasteiger partial charge >= 0.3 is 11.9 Å². The van der Waals surface area contributed by atoms with E-state index in [9.17, 15) is 9.59 Å². The first-order chi connectivity index (χ1) is 5.54. The third-order valence-corrected chi connectivity index (χ3v) is 0.498. The zero-order valence-corrected chi connectivity index (χ0v) is 6.43. The van der Waals surface area contributed by atoms with E-state index >= 15 is 0 Å². The van der Waals surface area contributed by atoms with Crippen molar-refractivity contribution in [1.29, 1.82) is 0 Å². The fourth-order valence-corrected chi connectivity index (χ4v) is 0.143. The van der Waals surface area contributed by atoms with Crippen LogP contribution in [0.3, 0.4) is 0 Å². The maximum atomic E-state index is 9.55. The third-order valence-electron chi connectivity index (χ3n) is 0.498. The van der Waals surface area contributed by atoms with Gasteiger partial charge < -0.3 is 20.1 Å². The molecule has 0 saturated heterocycles. The van der Waals surface area contributed by atoms with Gasteiger partial charge in [-0.05, 0) is 0 Å². The van der Waals surface area contributed by atoms with Crippen molar-refractivity contribution in [3.63, 3.8) is 0 Å². The van der Waals surface area contributed by atoms with Crippen LogP contribution < -0.4 is 0 Å². The summed E-state index contributed by atoms with van der Waals surface area (Å²) in [6.45, 7) is -0.181. The van der Waals surface area contributed by atoms with Crippen molar-refractivity contribution in [3.8, 4) is 0 Å². The number of aliphatic hydroxyl groups excluding tert-OH is 1. The summed E-state index contributed by atoms with van der Waals surface area (Å²) >= 11 is 0. The molecule has 0 saturated carbocycles. The number of hydrogen-bond donors (Lipinski definition) is 3. The summed E-state index contributed by atoms with van der Waals surface area (Å²) in [7, 11) is 1.43. The average molecular weight is 178 g/mol. The van der Waals surface area contributed by atoms with Crippen molar-refractivity contribution < 1.29 is 29.6 Å². The van der Waals surface area contributed by atoms with Gasteiger partial charge in [0.1, 0.15) is 6.79 Å². The van der Waals surface area contributed by atoms with Gasteiger partial charge in [0.25, 0.3) is 0 Å². The van der Waals surface area contributed by atoms with Crippen molar-refractivity contribution >= 4 is 11.9 Å². The maximum absolute atomic E-state index is 9.55. The van der Waals surface area contributed by atoms with Crippen molar-refractivity contribution in [3.05, 3.63) is 12.2 Å². The van der Waals surface area contributed by atoms with E-state index in [1.165, 1.54) is 7.11 Å². The lowest BCUT2D eigenvalue weighted by molar-refractivity contribution is -0.134. The summed E-state index contributed by atoms with van der Waals surface area (Å²) in [5.74, 6) is -2.51. The van der Waals surface area contributed by atoms with Crippen LogP contribution in [-0.4, -0.2) is 41.2 Å². The molecule has 0 aliphatic carbocycles. The average Bonchev–Trinajstić information content (AvgIpc) is 2.01. The van der Waals surface area contributed by atoms with Gasteiger partial charge in [0.15, 0.2) is 0 Å². The van der Waals surface area contributed by atoms with E-state index in [0.29, 0.717) is 12.2 Å². The minimum atomic E-state index is -1.26. The lowest BCUT2D eigenvalue weighted by atomic mass is 10.5. The van der Waals surface area contributed by atoms with Crippen molar-refractivity contribution in [2.24, 2.45) is 0 Å². The van der Waals surface area contributed by atoms with Crippen molar-refractivity contribution in [2.45, 2.75) is 0 Å². The van der Waals surface area contributed by atoms with E-state index in [4.69, 9.17) is 15.3 Å². The third kappa shape index (κ3) is 23.5. The van der Waals surface area contributed by atoms with Gasteiger partial charge in [0.2, 0.25) is 0 Å². The number of rotatable bonds is 3. The Morgan fingerprint density at radius 3 is 1.58 bits per heavy atom. The Morgan fingerprint density at radius 1 is 1.25 bits per heavy atom. The van der Waals surface area contributed by atoms with E-state index in [1.54, 1.807) is 0 Å². The monoisotopic (exact) mass is 178 g/mol. The molecule has 0 bridgehead atoms. The number of aliphatic hydroxyl groups is 1. The molecule has 6 nitrogen and oxygen atoms in total. The predicted octanol–water partition coefficient (Wildman–Crippen LogP) is -0.706. The molecule has 0 aromatic heterocycles. The van der Waals surface area contributed by atoms with E-state index in [-0.39, 0.29) is 6.79 Å². The van der Waals surface area contributed by atoms with Gasteiger partial charge in [-0.2, -0.15) is 0 Å². The molecule has 0 heterocycles. The van der Waals surface area contributed by atoms with Gasteiger partial charge in [-0.15, -0.1) is 0 Å². The van der Waals surface area contributed by atoms with Crippen LogP contribution in [0, 0.1) is 0 Å². The smallest absolute Gasteiger partial charge is 0.328 e. The van der Waals surface area contributed by atoms with Crippen LogP contribution in [0.1, 0.15) is 0 Å². The van der Waals surface area contributed by atoms with Gasteiger partial charge in [0, 0.05) is 19.3 Å². The molecule has 0 fully saturated rings. The molecule has 0 spiro atoms. The second-order valence-corrected chi connectivity index (χ2v) is 1.43. The summed E-state index contributed by atoms with van der Waals surface area (Å²) in [5, 5.41) is 23.3. The maximum Gasteiger partial charge on any atom is 0.328 e. The van der Waals surface area contributed by atoms with E-state index in [2.05, 4.69) is 4.74 Å². The highest BCUT2D eigenvalue weighted by atomic mass is 16.6. The summed E-state index contributed by atoms with van der Waals surface area (Å²) < 4.78 is 4.10. The van der Waals surface area contributed by atoms with Crippen molar-refractivity contribution in [1.82, 2.24) is 0 Å². The van der Waals surface area contributed by atoms with Crippen LogP contribution in [0.15, 0.2) is 12.2 Å². The summed E-state index contributed by atoms with van der Waals surface area (Å²) in [5.41, 5.74) is 0. The normalized spacial score (nSPS) is 8.83. The van der Waals surface area contributed by atoms with Gasteiger partial charge in [0.05, 0.1) is 0 Å². The zero-order valence-electron chi connectivity index (χ0n) is 6.43. The number of ether oxygens (including phenoxy) is 1. The van der Waals surface area contributed by atoms with E-state index < -0.39 is 11.9 Å². The number of methoxy groups -OCH3 is 1. The molecule has 70 valence electrons. The number of hydrogen-bond acceptors (Lipinski definition) is 4. The van der Waals surface area contributed by atoms with Crippen LogP contribution in [0.2, 0.25) is 0 Å². The number of aliphatic carboxylic acids is 2. The Hall–Kier alpha value is -1.40. The topological polar surface area (TPSA) is 104 Å².